The van der Waals surface area contributed by atoms with Crippen LogP contribution in [0.3, 0.4) is 0 Å². The lowest BCUT2D eigenvalue weighted by Crippen LogP contribution is -2.38. The van der Waals surface area contributed by atoms with Gasteiger partial charge in [0.05, 0.1) is 0 Å². The van der Waals surface area contributed by atoms with Crippen molar-refractivity contribution < 1.29 is 23.8 Å². The number of hydrogen-bond acceptors (Lipinski definition) is 5. The molecule has 1 aromatic rings. The Morgan fingerprint density at radius 2 is 1.91 bits per heavy atom. The zero-order valence-corrected chi connectivity index (χ0v) is 13.4. The zero-order valence-electron chi connectivity index (χ0n) is 13.4. The van der Waals surface area contributed by atoms with E-state index in [1.54, 1.807) is 58.9 Å². The Morgan fingerprint density at radius 1 is 1.23 bits per heavy atom. The molecule has 1 aromatic carbocycles. The summed E-state index contributed by atoms with van der Waals surface area (Å²) < 4.78 is 15.9. The van der Waals surface area contributed by atoms with Gasteiger partial charge < -0.3 is 14.2 Å². The molecule has 0 aromatic heterocycles. The smallest absolute Gasteiger partial charge is 0.345 e. The Labute approximate surface area is 129 Å². The fraction of sp³-hybridized carbons (Fsp3) is 0.412. The molecule has 0 unspecified atom stereocenters. The van der Waals surface area contributed by atoms with Gasteiger partial charge in [0.15, 0.2) is 0 Å². The van der Waals surface area contributed by atoms with Crippen molar-refractivity contribution in [3.63, 3.8) is 0 Å². The number of fused-ring (bicyclic) bond motifs is 1. The average Bonchev–Trinajstić information content (AvgIpc) is 2.33. The summed E-state index contributed by atoms with van der Waals surface area (Å²) in [4.78, 5) is 23.6. The van der Waals surface area contributed by atoms with E-state index in [0.717, 1.165) is 0 Å². The van der Waals surface area contributed by atoms with Crippen molar-refractivity contribution in [2.75, 3.05) is 0 Å². The van der Waals surface area contributed by atoms with Crippen LogP contribution in [0.1, 0.15) is 50.5 Å². The van der Waals surface area contributed by atoms with Crippen molar-refractivity contribution in [2.24, 2.45) is 0 Å². The SMILES string of the molecule is CC(C)(C)OC(=O)/C=C/c1ccc2c(c1)C(=O)OC(C)(C)O2. The van der Waals surface area contributed by atoms with Crippen LogP contribution in [0.4, 0.5) is 0 Å². The van der Waals surface area contributed by atoms with Crippen LogP contribution in [-0.4, -0.2) is 23.3 Å². The molecular formula is C17H20O5. The van der Waals surface area contributed by atoms with Crippen molar-refractivity contribution in [3.05, 3.63) is 35.4 Å². The van der Waals surface area contributed by atoms with E-state index in [2.05, 4.69) is 0 Å². The largest absolute Gasteiger partial charge is 0.457 e. The van der Waals surface area contributed by atoms with Gasteiger partial charge in [0, 0.05) is 19.9 Å². The molecule has 2 rings (SSSR count). The maximum Gasteiger partial charge on any atom is 0.345 e. The van der Waals surface area contributed by atoms with Crippen LogP contribution in [0.15, 0.2) is 24.3 Å². The Morgan fingerprint density at radius 3 is 2.55 bits per heavy atom. The van der Waals surface area contributed by atoms with E-state index in [4.69, 9.17) is 14.2 Å². The fourth-order valence-electron chi connectivity index (χ4n) is 1.96. The molecule has 0 radical (unpaired) electrons. The van der Waals surface area contributed by atoms with Crippen LogP contribution >= 0.6 is 0 Å². The monoisotopic (exact) mass is 304 g/mol. The van der Waals surface area contributed by atoms with Crippen molar-refractivity contribution in [1.29, 1.82) is 0 Å². The standard InChI is InChI=1S/C17H20O5/c1-16(2,3)21-14(18)9-7-11-6-8-13-12(10-11)15(19)22-17(4,5)20-13/h6-10H,1-5H3/b9-7+. The van der Waals surface area contributed by atoms with Gasteiger partial charge in [-0.3, -0.25) is 0 Å². The molecular weight excluding hydrogens is 284 g/mol. The van der Waals surface area contributed by atoms with E-state index in [0.29, 0.717) is 16.9 Å². The second-order valence-corrected chi connectivity index (χ2v) is 6.51. The van der Waals surface area contributed by atoms with Crippen LogP contribution in [0.25, 0.3) is 6.08 Å². The Bertz CT molecular complexity index is 635. The van der Waals surface area contributed by atoms with Gasteiger partial charge in [-0.1, -0.05) is 6.07 Å². The van der Waals surface area contributed by atoms with Gasteiger partial charge >= 0.3 is 11.9 Å². The number of cyclic esters (lactones) is 1. The number of esters is 2. The third-order valence-corrected chi connectivity index (χ3v) is 2.74. The van der Waals surface area contributed by atoms with E-state index in [9.17, 15) is 9.59 Å². The molecule has 0 atom stereocenters. The number of carbonyl (C=O) groups excluding carboxylic acids is 2. The second kappa shape index (κ2) is 5.48. The highest BCUT2D eigenvalue weighted by atomic mass is 16.7. The van der Waals surface area contributed by atoms with Crippen molar-refractivity contribution in [1.82, 2.24) is 0 Å². The van der Waals surface area contributed by atoms with Crippen LogP contribution in [0.2, 0.25) is 0 Å². The van der Waals surface area contributed by atoms with Crippen molar-refractivity contribution >= 4 is 18.0 Å². The van der Waals surface area contributed by atoms with Crippen LogP contribution in [-0.2, 0) is 14.3 Å². The van der Waals surface area contributed by atoms with Crippen molar-refractivity contribution in [3.8, 4) is 5.75 Å². The first-order valence-corrected chi connectivity index (χ1v) is 7.03. The lowest BCUT2D eigenvalue weighted by Gasteiger charge is -2.31. The molecule has 0 N–H and O–H groups in total. The summed E-state index contributed by atoms with van der Waals surface area (Å²) >= 11 is 0. The minimum Gasteiger partial charge on any atom is -0.457 e. The van der Waals surface area contributed by atoms with Crippen LogP contribution < -0.4 is 4.74 Å². The summed E-state index contributed by atoms with van der Waals surface area (Å²) in [7, 11) is 0. The van der Waals surface area contributed by atoms with Gasteiger partial charge in [0.25, 0.3) is 0 Å². The summed E-state index contributed by atoms with van der Waals surface area (Å²) in [5, 5.41) is 0. The lowest BCUT2D eigenvalue weighted by molar-refractivity contribution is -0.148. The first-order chi connectivity index (χ1) is 10.1. The number of rotatable bonds is 2. The molecule has 0 bridgehead atoms. The Kier molecular flexibility index (Phi) is 4.00. The highest BCUT2D eigenvalue weighted by Gasteiger charge is 2.33. The average molecular weight is 304 g/mol. The molecule has 0 saturated carbocycles. The topological polar surface area (TPSA) is 61.8 Å². The fourth-order valence-corrected chi connectivity index (χ4v) is 1.96. The summed E-state index contributed by atoms with van der Waals surface area (Å²) in [6.07, 6.45) is 2.91. The third-order valence-electron chi connectivity index (χ3n) is 2.74. The highest BCUT2D eigenvalue weighted by molar-refractivity contribution is 5.95. The van der Waals surface area contributed by atoms with E-state index < -0.39 is 23.3 Å². The van der Waals surface area contributed by atoms with E-state index in [-0.39, 0.29) is 0 Å². The molecule has 1 aliphatic heterocycles. The summed E-state index contributed by atoms with van der Waals surface area (Å²) in [5.41, 5.74) is 0.482. The Balaban J connectivity index is 2.17. The summed E-state index contributed by atoms with van der Waals surface area (Å²) in [6, 6.07) is 5.06. The van der Waals surface area contributed by atoms with E-state index in [1.165, 1.54) is 6.08 Å². The van der Waals surface area contributed by atoms with Gasteiger partial charge in [0.2, 0.25) is 5.79 Å². The first-order valence-electron chi connectivity index (χ1n) is 7.03. The zero-order chi connectivity index (χ0) is 16.5. The molecule has 22 heavy (non-hydrogen) atoms. The highest BCUT2D eigenvalue weighted by Crippen LogP contribution is 2.31. The van der Waals surface area contributed by atoms with Gasteiger partial charge in [-0.05, 0) is 44.5 Å². The van der Waals surface area contributed by atoms with Crippen LogP contribution in [0, 0.1) is 0 Å². The second-order valence-electron chi connectivity index (χ2n) is 6.51. The number of carbonyl (C=O) groups is 2. The molecule has 1 heterocycles. The van der Waals surface area contributed by atoms with Gasteiger partial charge in [0.1, 0.15) is 16.9 Å². The molecule has 0 amide bonds. The predicted molar refractivity (Wildman–Crippen MR) is 81.4 cm³/mol. The predicted octanol–water partition coefficient (Wildman–Crippen LogP) is 3.33. The number of hydrogen-bond donors (Lipinski definition) is 0. The molecule has 0 aliphatic carbocycles. The summed E-state index contributed by atoms with van der Waals surface area (Å²) in [6.45, 7) is 8.74. The minimum atomic E-state index is -0.974. The van der Waals surface area contributed by atoms with Crippen molar-refractivity contribution in [2.45, 2.75) is 46.0 Å². The quantitative estimate of drug-likeness (QED) is 0.619. The normalized spacial score (nSPS) is 16.7. The van der Waals surface area contributed by atoms with Crippen LogP contribution in [0.5, 0.6) is 5.75 Å². The first kappa shape index (κ1) is 16.1. The lowest BCUT2D eigenvalue weighted by atomic mass is 10.1. The number of ether oxygens (including phenoxy) is 3. The van der Waals surface area contributed by atoms with Gasteiger partial charge in [-0.15, -0.1) is 0 Å². The summed E-state index contributed by atoms with van der Waals surface area (Å²) in [5.74, 6) is -1.39. The van der Waals surface area contributed by atoms with E-state index in [1.807, 2.05) is 0 Å². The molecule has 5 nitrogen and oxygen atoms in total. The maximum absolute atomic E-state index is 12.0. The minimum absolute atomic E-state index is 0.339. The third kappa shape index (κ3) is 4.10. The van der Waals surface area contributed by atoms with Gasteiger partial charge in [-0.2, -0.15) is 0 Å². The molecule has 1 aliphatic rings. The molecule has 5 heteroatoms. The van der Waals surface area contributed by atoms with Gasteiger partial charge in [-0.25, -0.2) is 9.59 Å². The molecule has 118 valence electrons. The van der Waals surface area contributed by atoms with E-state index >= 15 is 0 Å². The number of benzene rings is 1. The Hall–Kier alpha value is -2.30. The molecule has 0 fully saturated rings. The molecule has 0 spiro atoms. The maximum atomic E-state index is 12.0. The molecule has 0 saturated heterocycles.